The highest BCUT2D eigenvalue weighted by atomic mass is 16.5. The zero-order valence-corrected chi connectivity index (χ0v) is 11.6. The molecule has 0 fully saturated rings. The Morgan fingerprint density at radius 3 is 2.50 bits per heavy atom. The Morgan fingerprint density at radius 2 is 2.00 bits per heavy atom. The van der Waals surface area contributed by atoms with Crippen molar-refractivity contribution < 1.29 is 14.6 Å². The van der Waals surface area contributed by atoms with Gasteiger partial charge in [0.25, 0.3) is 0 Å². The first-order chi connectivity index (χ1) is 8.60. The molecule has 4 nitrogen and oxygen atoms in total. The van der Waals surface area contributed by atoms with E-state index in [1.54, 1.807) is 14.2 Å². The minimum Gasteiger partial charge on any atom is -0.493 e. The fraction of sp³-hybridized carbons (Fsp3) is 0.571. The number of rotatable bonds is 7. The topological polar surface area (TPSA) is 50.7 Å². The fourth-order valence-electron chi connectivity index (χ4n) is 1.69. The molecule has 1 aromatic rings. The number of para-hydroxylation sites is 1. The van der Waals surface area contributed by atoms with Crippen molar-refractivity contribution in [1.29, 1.82) is 0 Å². The molecule has 0 spiro atoms. The Labute approximate surface area is 109 Å². The van der Waals surface area contributed by atoms with Gasteiger partial charge in [0.15, 0.2) is 11.5 Å². The maximum Gasteiger partial charge on any atom is 0.165 e. The Bertz CT molecular complexity index is 375. The van der Waals surface area contributed by atoms with E-state index in [9.17, 15) is 5.11 Å². The molecule has 0 aliphatic carbocycles. The molecule has 2 N–H and O–H groups in total. The molecule has 0 saturated heterocycles. The molecule has 4 heteroatoms. The SMILES string of the molecule is CCC(C)(CO)NCc1cccc(OC)c1OC. The normalized spacial score (nSPS) is 14.1. The summed E-state index contributed by atoms with van der Waals surface area (Å²) >= 11 is 0. The van der Waals surface area contributed by atoms with Crippen LogP contribution in [0, 0.1) is 0 Å². The molecule has 18 heavy (non-hydrogen) atoms. The molecule has 1 atom stereocenters. The highest BCUT2D eigenvalue weighted by Gasteiger charge is 2.20. The van der Waals surface area contributed by atoms with Crippen LogP contribution in [-0.2, 0) is 6.54 Å². The van der Waals surface area contributed by atoms with Crippen molar-refractivity contribution in [3.8, 4) is 11.5 Å². The Hall–Kier alpha value is -1.26. The standard InChI is InChI=1S/C14H23NO3/c1-5-14(2,10-16)15-9-11-7-6-8-12(17-3)13(11)18-4/h6-8,15-16H,5,9-10H2,1-4H3. The fourth-order valence-corrected chi connectivity index (χ4v) is 1.69. The van der Waals surface area contributed by atoms with Crippen molar-refractivity contribution in [1.82, 2.24) is 5.32 Å². The Kier molecular flexibility index (Phi) is 5.44. The largest absolute Gasteiger partial charge is 0.493 e. The van der Waals surface area contributed by atoms with Gasteiger partial charge in [-0.25, -0.2) is 0 Å². The number of ether oxygens (including phenoxy) is 2. The highest BCUT2D eigenvalue weighted by Crippen LogP contribution is 2.30. The first-order valence-electron chi connectivity index (χ1n) is 6.16. The minimum absolute atomic E-state index is 0.107. The van der Waals surface area contributed by atoms with Gasteiger partial charge in [-0.3, -0.25) is 0 Å². The van der Waals surface area contributed by atoms with E-state index < -0.39 is 0 Å². The van der Waals surface area contributed by atoms with Crippen molar-refractivity contribution in [2.24, 2.45) is 0 Å². The van der Waals surface area contributed by atoms with Crippen LogP contribution in [0.5, 0.6) is 11.5 Å². The number of benzene rings is 1. The van der Waals surface area contributed by atoms with Crippen molar-refractivity contribution in [3.05, 3.63) is 23.8 Å². The summed E-state index contributed by atoms with van der Waals surface area (Å²) in [6, 6.07) is 5.79. The smallest absolute Gasteiger partial charge is 0.165 e. The number of hydrogen-bond acceptors (Lipinski definition) is 4. The molecule has 0 aliphatic heterocycles. The average molecular weight is 253 g/mol. The second-order valence-corrected chi connectivity index (χ2v) is 4.58. The van der Waals surface area contributed by atoms with Gasteiger partial charge in [0.1, 0.15) is 0 Å². The molecule has 0 heterocycles. The van der Waals surface area contributed by atoms with Crippen molar-refractivity contribution in [2.75, 3.05) is 20.8 Å². The van der Waals surface area contributed by atoms with E-state index in [1.807, 2.05) is 32.0 Å². The third-order valence-corrected chi connectivity index (χ3v) is 3.32. The lowest BCUT2D eigenvalue weighted by Crippen LogP contribution is -2.44. The average Bonchev–Trinajstić information content (AvgIpc) is 2.44. The summed E-state index contributed by atoms with van der Waals surface area (Å²) in [6.07, 6.45) is 0.857. The Balaban J connectivity index is 2.84. The van der Waals surface area contributed by atoms with Crippen molar-refractivity contribution >= 4 is 0 Å². The molecule has 0 aliphatic rings. The monoisotopic (exact) mass is 253 g/mol. The summed E-state index contributed by atoms with van der Waals surface area (Å²) in [5, 5.41) is 12.7. The van der Waals surface area contributed by atoms with Crippen LogP contribution in [0.2, 0.25) is 0 Å². The van der Waals surface area contributed by atoms with E-state index in [2.05, 4.69) is 5.32 Å². The van der Waals surface area contributed by atoms with E-state index in [1.165, 1.54) is 0 Å². The number of aliphatic hydroxyl groups is 1. The van der Waals surface area contributed by atoms with E-state index >= 15 is 0 Å². The number of nitrogens with one attached hydrogen (secondary N) is 1. The van der Waals surface area contributed by atoms with Gasteiger partial charge < -0.3 is 19.9 Å². The lowest BCUT2D eigenvalue weighted by atomic mass is 9.99. The van der Waals surface area contributed by atoms with Crippen LogP contribution in [0.1, 0.15) is 25.8 Å². The van der Waals surface area contributed by atoms with Gasteiger partial charge in [-0.15, -0.1) is 0 Å². The third-order valence-electron chi connectivity index (χ3n) is 3.32. The maximum atomic E-state index is 9.37. The molecule has 0 amide bonds. The maximum absolute atomic E-state index is 9.37. The summed E-state index contributed by atoms with van der Waals surface area (Å²) in [4.78, 5) is 0. The van der Waals surface area contributed by atoms with Gasteiger partial charge in [-0.05, 0) is 19.4 Å². The van der Waals surface area contributed by atoms with Crippen LogP contribution in [0.15, 0.2) is 18.2 Å². The van der Waals surface area contributed by atoms with E-state index in [0.29, 0.717) is 6.54 Å². The zero-order valence-electron chi connectivity index (χ0n) is 11.6. The first kappa shape index (κ1) is 14.8. The van der Waals surface area contributed by atoms with Crippen LogP contribution >= 0.6 is 0 Å². The van der Waals surface area contributed by atoms with Gasteiger partial charge >= 0.3 is 0 Å². The molecule has 0 aromatic heterocycles. The van der Waals surface area contributed by atoms with Gasteiger partial charge in [0.2, 0.25) is 0 Å². The summed E-state index contributed by atoms with van der Waals surface area (Å²) in [6.45, 7) is 4.78. The molecular formula is C14H23NO3. The summed E-state index contributed by atoms with van der Waals surface area (Å²) < 4.78 is 10.6. The van der Waals surface area contributed by atoms with Gasteiger partial charge in [-0.2, -0.15) is 0 Å². The van der Waals surface area contributed by atoms with Gasteiger partial charge in [-0.1, -0.05) is 19.1 Å². The molecule has 102 valence electrons. The number of aliphatic hydroxyl groups excluding tert-OH is 1. The van der Waals surface area contributed by atoms with Crippen LogP contribution in [0.25, 0.3) is 0 Å². The second kappa shape index (κ2) is 6.61. The van der Waals surface area contributed by atoms with Gasteiger partial charge in [0, 0.05) is 17.6 Å². The van der Waals surface area contributed by atoms with Crippen LogP contribution in [-0.4, -0.2) is 31.5 Å². The molecular weight excluding hydrogens is 230 g/mol. The quantitative estimate of drug-likeness (QED) is 0.780. The lowest BCUT2D eigenvalue weighted by molar-refractivity contribution is 0.168. The second-order valence-electron chi connectivity index (χ2n) is 4.58. The molecule has 1 unspecified atom stereocenters. The van der Waals surface area contributed by atoms with Crippen LogP contribution < -0.4 is 14.8 Å². The molecule has 0 saturated carbocycles. The number of methoxy groups -OCH3 is 2. The number of hydrogen-bond donors (Lipinski definition) is 2. The first-order valence-corrected chi connectivity index (χ1v) is 6.16. The zero-order chi connectivity index (χ0) is 13.6. The highest BCUT2D eigenvalue weighted by molar-refractivity contribution is 5.46. The van der Waals surface area contributed by atoms with E-state index in [0.717, 1.165) is 23.5 Å². The molecule has 1 rings (SSSR count). The van der Waals surface area contributed by atoms with Gasteiger partial charge in [0.05, 0.1) is 20.8 Å². The van der Waals surface area contributed by atoms with Crippen molar-refractivity contribution in [2.45, 2.75) is 32.4 Å². The summed E-state index contributed by atoms with van der Waals surface area (Å²) in [7, 11) is 3.26. The lowest BCUT2D eigenvalue weighted by Gasteiger charge is -2.27. The van der Waals surface area contributed by atoms with Crippen LogP contribution in [0.3, 0.4) is 0 Å². The van der Waals surface area contributed by atoms with E-state index in [4.69, 9.17) is 9.47 Å². The predicted octanol–water partition coefficient (Wildman–Crippen LogP) is 1.95. The summed E-state index contributed by atoms with van der Waals surface area (Å²) in [5.74, 6) is 1.46. The Morgan fingerprint density at radius 1 is 1.28 bits per heavy atom. The minimum atomic E-state index is -0.270. The van der Waals surface area contributed by atoms with E-state index in [-0.39, 0.29) is 12.1 Å². The summed E-state index contributed by atoms with van der Waals surface area (Å²) in [5.41, 5.74) is 0.749. The molecule has 0 bridgehead atoms. The van der Waals surface area contributed by atoms with Crippen LogP contribution in [0.4, 0.5) is 0 Å². The van der Waals surface area contributed by atoms with Crippen molar-refractivity contribution in [3.63, 3.8) is 0 Å². The molecule has 0 radical (unpaired) electrons. The third kappa shape index (κ3) is 3.37. The molecule has 1 aromatic carbocycles. The predicted molar refractivity (Wildman–Crippen MR) is 72.2 cm³/mol.